The van der Waals surface area contributed by atoms with Crippen molar-refractivity contribution >= 4 is 33.3 Å². The van der Waals surface area contributed by atoms with Crippen LogP contribution in [-0.4, -0.2) is 5.78 Å². The van der Waals surface area contributed by atoms with Crippen LogP contribution in [0, 0.1) is 0 Å². The number of carbonyl (C=O) groups excluding carboxylic acids is 1. The lowest BCUT2D eigenvalue weighted by molar-refractivity contribution is 0.101. The molecule has 0 bridgehead atoms. The Kier molecular flexibility index (Phi) is 3.65. The molecule has 0 radical (unpaired) electrons. The summed E-state index contributed by atoms with van der Waals surface area (Å²) in [5.74, 6) is -0.0197. The molecule has 2 aromatic rings. The van der Waals surface area contributed by atoms with Gasteiger partial charge in [-0.15, -0.1) is 0 Å². The van der Waals surface area contributed by atoms with Gasteiger partial charge in [0.05, 0.1) is 5.02 Å². The molecule has 0 amide bonds. The predicted octanol–water partition coefficient (Wildman–Crippen LogP) is 4.97. The van der Waals surface area contributed by atoms with Gasteiger partial charge >= 0.3 is 0 Å². The minimum Gasteiger partial charge on any atom is -0.294 e. The SMILES string of the molecule is CC(=O)c1ccc(-c2ccccc2Br)cc1Cl. The Balaban J connectivity index is 2.52. The third-order valence-electron chi connectivity index (χ3n) is 2.53. The minimum absolute atomic E-state index is 0.0197. The maximum atomic E-state index is 11.3. The molecule has 0 heterocycles. The summed E-state index contributed by atoms with van der Waals surface area (Å²) in [6.45, 7) is 1.51. The third-order valence-corrected chi connectivity index (χ3v) is 3.54. The lowest BCUT2D eigenvalue weighted by atomic mass is 10.0. The van der Waals surface area contributed by atoms with E-state index in [2.05, 4.69) is 15.9 Å². The lowest BCUT2D eigenvalue weighted by Gasteiger charge is -2.07. The van der Waals surface area contributed by atoms with Gasteiger partial charge in [0.1, 0.15) is 0 Å². The molecule has 0 atom stereocenters. The fraction of sp³-hybridized carbons (Fsp3) is 0.0714. The third kappa shape index (κ3) is 2.59. The summed E-state index contributed by atoms with van der Waals surface area (Å²) in [6, 6.07) is 13.4. The summed E-state index contributed by atoms with van der Waals surface area (Å²) in [5, 5.41) is 0.491. The zero-order valence-electron chi connectivity index (χ0n) is 9.21. The quantitative estimate of drug-likeness (QED) is 0.716. The van der Waals surface area contributed by atoms with Crippen molar-refractivity contribution in [2.45, 2.75) is 6.92 Å². The molecule has 1 nitrogen and oxygen atoms in total. The van der Waals surface area contributed by atoms with Crippen LogP contribution >= 0.6 is 27.5 Å². The van der Waals surface area contributed by atoms with Crippen molar-refractivity contribution in [2.75, 3.05) is 0 Å². The highest BCUT2D eigenvalue weighted by molar-refractivity contribution is 9.10. The number of hydrogen-bond acceptors (Lipinski definition) is 1. The largest absolute Gasteiger partial charge is 0.294 e. The molecule has 17 heavy (non-hydrogen) atoms. The number of halogens is 2. The molecule has 2 rings (SSSR count). The summed E-state index contributed by atoms with van der Waals surface area (Å²) in [7, 11) is 0. The summed E-state index contributed by atoms with van der Waals surface area (Å²) >= 11 is 9.59. The summed E-state index contributed by atoms with van der Waals surface area (Å²) in [6.07, 6.45) is 0. The Labute approximate surface area is 114 Å². The number of carbonyl (C=O) groups is 1. The van der Waals surface area contributed by atoms with Gasteiger partial charge in [-0.2, -0.15) is 0 Å². The molecular formula is C14H10BrClO. The Morgan fingerprint density at radius 1 is 1.18 bits per heavy atom. The maximum Gasteiger partial charge on any atom is 0.161 e. The Morgan fingerprint density at radius 3 is 2.47 bits per heavy atom. The second kappa shape index (κ2) is 5.03. The smallest absolute Gasteiger partial charge is 0.161 e. The first-order valence-electron chi connectivity index (χ1n) is 5.15. The first kappa shape index (κ1) is 12.3. The van der Waals surface area contributed by atoms with Gasteiger partial charge in [-0.1, -0.05) is 51.8 Å². The molecule has 0 aromatic heterocycles. The fourth-order valence-corrected chi connectivity index (χ4v) is 2.49. The molecule has 0 aliphatic rings. The van der Waals surface area contributed by atoms with Crippen LogP contribution in [0.2, 0.25) is 5.02 Å². The van der Waals surface area contributed by atoms with Crippen LogP contribution in [0.4, 0.5) is 0 Å². The first-order chi connectivity index (χ1) is 8.09. The van der Waals surface area contributed by atoms with Gasteiger partial charge in [0.25, 0.3) is 0 Å². The highest BCUT2D eigenvalue weighted by atomic mass is 79.9. The van der Waals surface area contributed by atoms with E-state index >= 15 is 0 Å². The molecule has 0 saturated heterocycles. The van der Waals surface area contributed by atoms with Crippen molar-refractivity contribution in [2.24, 2.45) is 0 Å². The number of ketones is 1. The second-order valence-corrected chi connectivity index (χ2v) is 4.99. The fourth-order valence-electron chi connectivity index (χ4n) is 1.66. The highest BCUT2D eigenvalue weighted by Gasteiger charge is 2.08. The van der Waals surface area contributed by atoms with Crippen molar-refractivity contribution in [3.05, 3.63) is 57.5 Å². The molecule has 2 aromatic carbocycles. The highest BCUT2D eigenvalue weighted by Crippen LogP contribution is 2.31. The van der Waals surface area contributed by atoms with Gasteiger partial charge in [0, 0.05) is 10.0 Å². The van der Waals surface area contributed by atoms with Gasteiger partial charge in [-0.25, -0.2) is 0 Å². The van der Waals surface area contributed by atoms with Crippen LogP contribution < -0.4 is 0 Å². The van der Waals surface area contributed by atoms with Crippen LogP contribution in [0.5, 0.6) is 0 Å². The van der Waals surface area contributed by atoms with Crippen molar-refractivity contribution in [1.82, 2.24) is 0 Å². The number of Topliss-reactive ketones (excluding diaryl/α,β-unsaturated/α-hetero) is 1. The monoisotopic (exact) mass is 308 g/mol. The van der Waals surface area contributed by atoms with Gasteiger partial charge in [0.2, 0.25) is 0 Å². The van der Waals surface area contributed by atoms with Crippen LogP contribution in [0.3, 0.4) is 0 Å². The van der Waals surface area contributed by atoms with Crippen molar-refractivity contribution in [3.63, 3.8) is 0 Å². The molecule has 0 saturated carbocycles. The lowest BCUT2D eigenvalue weighted by Crippen LogP contribution is -1.93. The van der Waals surface area contributed by atoms with Crippen LogP contribution in [0.1, 0.15) is 17.3 Å². The number of hydrogen-bond donors (Lipinski definition) is 0. The normalized spacial score (nSPS) is 10.3. The standard InChI is InChI=1S/C14H10BrClO/c1-9(17)11-7-6-10(8-14(11)16)12-4-2-3-5-13(12)15/h2-8H,1H3. The molecule has 86 valence electrons. The van der Waals surface area contributed by atoms with Gasteiger partial charge in [0.15, 0.2) is 5.78 Å². The molecule has 0 aliphatic carbocycles. The van der Waals surface area contributed by atoms with Crippen molar-refractivity contribution < 1.29 is 4.79 Å². The van der Waals surface area contributed by atoms with E-state index in [4.69, 9.17) is 11.6 Å². The van der Waals surface area contributed by atoms with Crippen LogP contribution in [-0.2, 0) is 0 Å². The minimum atomic E-state index is -0.0197. The van der Waals surface area contributed by atoms with E-state index < -0.39 is 0 Å². The van der Waals surface area contributed by atoms with E-state index in [1.54, 1.807) is 6.07 Å². The van der Waals surface area contributed by atoms with Crippen LogP contribution in [0.25, 0.3) is 11.1 Å². The Hall–Kier alpha value is -1.12. The van der Waals surface area contributed by atoms with E-state index in [0.717, 1.165) is 15.6 Å². The van der Waals surface area contributed by atoms with E-state index in [0.29, 0.717) is 10.6 Å². The molecule has 0 spiro atoms. The topological polar surface area (TPSA) is 17.1 Å². The molecule has 0 fully saturated rings. The molecule has 0 unspecified atom stereocenters. The van der Waals surface area contributed by atoms with E-state index in [1.165, 1.54) is 6.92 Å². The zero-order valence-corrected chi connectivity index (χ0v) is 11.5. The van der Waals surface area contributed by atoms with Gasteiger partial charge in [-0.05, 0) is 36.2 Å². The summed E-state index contributed by atoms with van der Waals surface area (Å²) in [5.41, 5.74) is 2.61. The average molecular weight is 310 g/mol. The molecule has 0 N–H and O–H groups in total. The van der Waals surface area contributed by atoms with E-state index in [9.17, 15) is 4.79 Å². The molecule has 0 aliphatic heterocycles. The zero-order chi connectivity index (χ0) is 12.4. The summed E-state index contributed by atoms with van der Waals surface area (Å²) in [4.78, 5) is 11.3. The van der Waals surface area contributed by atoms with Crippen molar-refractivity contribution in [1.29, 1.82) is 0 Å². The molecular weight excluding hydrogens is 300 g/mol. The maximum absolute atomic E-state index is 11.3. The van der Waals surface area contributed by atoms with Gasteiger partial charge in [-0.3, -0.25) is 4.79 Å². The van der Waals surface area contributed by atoms with Crippen molar-refractivity contribution in [3.8, 4) is 11.1 Å². The summed E-state index contributed by atoms with van der Waals surface area (Å²) < 4.78 is 1.01. The number of benzene rings is 2. The second-order valence-electron chi connectivity index (χ2n) is 3.73. The Morgan fingerprint density at radius 2 is 1.88 bits per heavy atom. The van der Waals surface area contributed by atoms with Crippen LogP contribution in [0.15, 0.2) is 46.9 Å². The number of rotatable bonds is 2. The average Bonchev–Trinajstić information content (AvgIpc) is 2.29. The first-order valence-corrected chi connectivity index (χ1v) is 6.32. The van der Waals surface area contributed by atoms with Gasteiger partial charge < -0.3 is 0 Å². The van der Waals surface area contributed by atoms with E-state index in [1.807, 2.05) is 36.4 Å². The molecule has 3 heteroatoms. The van der Waals surface area contributed by atoms with E-state index in [-0.39, 0.29) is 5.78 Å². The Bertz CT molecular complexity index is 578. The predicted molar refractivity (Wildman–Crippen MR) is 74.6 cm³/mol.